The van der Waals surface area contributed by atoms with E-state index in [0.29, 0.717) is 39.6 Å². The molecule has 0 amide bonds. The van der Waals surface area contributed by atoms with Crippen LogP contribution < -0.4 is 0 Å². The van der Waals surface area contributed by atoms with Crippen LogP contribution in [0.3, 0.4) is 0 Å². The normalized spacial score (nSPS) is 12.0. The van der Waals surface area contributed by atoms with Gasteiger partial charge < -0.3 is 23.7 Å². The zero-order chi connectivity index (χ0) is 15.1. The average molecular weight is 292 g/mol. The third-order valence-corrected chi connectivity index (χ3v) is 3.30. The summed E-state index contributed by atoms with van der Waals surface area (Å²) in [5, 5.41) is 0. The van der Waals surface area contributed by atoms with Crippen LogP contribution in [0.25, 0.3) is 0 Å². The summed E-state index contributed by atoms with van der Waals surface area (Å²) in [6.45, 7) is 6.75. The van der Waals surface area contributed by atoms with Crippen molar-refractivity contribution in [1.29, 1.82) is 0 Å². The third kappa shape index (κ3) is 9.66. The maximum absolute atomic E-state index is 5.75. The molecule has 122 valence electrons. The second-order valence-corrected chi connectivity index (χ2v) is 5.08. The molecule has 0 fully saturated rings. The summed E-state index contributed by atoms with van der Waals surface area (Å²) in [6.07, 6.45) is 3.11. The fourth-order valence-electron chi connectivity index (χ4n) is 2.17. The summed E-state index contributed by atoms with van der Waals surface area (Å²) < 4.78 is 26.8. The fourth-order valence-corrected chi connectivity index (χ4v) is 2.17. The van der Waals surface area contributed by atoms with Crippen molar-refractivity contribution in [3.05, 3.63) is 0 Å². The summed E-state index contributed by atoms with van der Waals surface area (Å²) in [6, 6.07) is 0. The fraction of sp³-hybridized carbons (Fsp3) is 1.00. The lowest BCUT2D eigenvalue weighted by molar-refractivity contribution is -0.0569. The lowest BCUT2D eigenvalue weighted by atomic mass is 9.82. The Bertz CT molecular complexity index is 187. The quantitative estimate of drug-likeness (QED) is 0.433. The van der Waals surface area contributed by atoms with Crippen molar-refractivity contribution in [2.75, 3.05) is 67.6 Å². The molecule has 0 aromatic heterocycles. The van der Waals surface area contributed by atoms with Crippen LogP contribution in [0.1, 0.15) is 26.2 Å². The van der Waals surface area contributed by atoms with Gasteiger partial charge in [0, 0.05) is 33.4 Å². The summed E-state index contributed by atoms with van der Waals surface area (Å²) >= 11 is 0. The van der Waals surface area contributed by atoms with Crippen LogP contribution in [0.5, 0.6) is 0 Å². The van der Waals surface area contributed by atoms with E-state index in [1.165, 1.54) is 0 Å². The number of ether oxygens (including phenoxy) is 5. The van der Waals surface area contributed by atoms with Gasteiger partial charge in [-0.25, -0.2) is 0 Å². The molecule has 0 saturated carbocycles. The molecule has 0 rings (SSSR count). The lowest BCUT2D eigenvalue weighted by Crippen LogP contribution is -2.34. The number of methoxy groups -OCH3 is 3. The monoisotopic (exact) mass is 292 g/mol. The molecule has 5 nitrogen and oxygen atoms in total. The molecule has 0 aliphatic rings. The zero-order valence-corrected chi connectivity index (χ0v) is 13.6. The van der Waals surface area contributed by atoms with Crippen LogP contribution in [0.2, 0.25) is 0 Å². The van der Waals surface area contributed by atoms with Crippen LogP contribution in [0, 0.1) is 5.41 Å². The standard InChI is InChI=1S/C15H32O5/c1-5-6-15(7-8-16-2,13-19-11-9-17-3)14-20-12-10-18-4/h5-14H2,1-4H3. The van der Waals surface area contributed by atoms with E-state index in [2.05, 4.69) is 6.92 Å². The molecule has 0 unspecified atom stereocenters. The molecule has 0 aromatic rings. The van der Waals surface area contributed by atoms with Crippen LogP contribution in [0.15, 0.2) is 0 Å². The van der Waals surface area contributed by atoms with Gasteiger partial charge in [0.25, 0.3) is 0 Å². The summed E-state index contributed by atoms with van der Waals surface area (Å²) in [5.41, 5.74) is 0.0201. The maximum Gasteiger partial charge on any atom is 0.0700 e. The first-order valence-corrected chi connectivity index (χ1v) is 7.37. The topological polar surface area (TPSA) is 46.2 Å². The largest absolute Gasteiger partial charge is 0.385 e. The molecule has 0 aliphatic carbocycles. The van der Waals surface area contributed by atoms with E-state index in [1.807, 2.05) is 0 Å². The van der Waals surface area contributed by atoms with Gasteiger partial charge in [-0.05, 0) is 12.8 Å². The van der Waals surface area contributed by atoms with Gasteiger partial charge in [0.15, 0.2) is 0 Å². The van der Waals surface area contributed by atoms with Crippen molar-refractivity contribution in [3.8, 4) is 0 Å². The molecule has 0 atom stereocenters. The van der Waals surface area contributed by atoms with Crippen LogP contribution in [0.4, 0.5) is 0 Å². The van der Waals surface area contributed by atoms with E-state index in [0.717, 1.165) is 25.9 Å². The highest BCUT2D eigenvalue weighted by molar-refractivity contribution is 4.79. The first-order valence-electron chi connectivity index (χ1n) is 7.37. The number of rotatable bonds is 15. The summed E-state index contributed by atoms with van der Waals surface area (Å²) in [5.74, 6) is 0. The molecule has 0 spiro atoms. The molecule has 20 heavy (non-hydrogen) atoms. The van der Waals surface area contributed by atoms with E-state index in [9.17, 15) is 0 Å². The highest BCUT2D eigenvalue weighted by atomic mass is 16.5. The minimum atomic E-state index is 0.0201. The van der Waals surface area contributed by atoms with Gasteiger partial charge in [-0.2, -0.15) is 0 Å². The van der Waals surface area contributed by atoms with Gasteiger partial charge in [-0.15, -0.1) is 0 Å². The van der Waals surface area contributed by atoms with Crippen molar-refractivity contribution in [1.82, 2.24) is 0 Å². The molecule has 0 heterocycles. The Kier molecular flexibility index (Phi) is 13.6. The van der Waals surface area contributed by atoms with Crippen molar-refractivity contribution in [3.63, 3.8) is 0 Å². The van der Waals surface area contributed by atoms with Crippen molar-refractivity contribution in [2.24, 2.45) is 5.41 Å². The Balaban J connectivity index is 4.32. The predicted octanol–water partition coefficient (Wildman–Crippen LogP) is 2.14. The smallest absolute Gasteiger partial charge is 0.0700 e. The van der Waals surface area contributed by atoms with Crippen LogP contribution in [-0.2, 0) is 23.7 Å². The van der Waals surface area contributed by atoms with E-state index in [1.54, 1.807) is 21.3 Å². The molecule has 0 aromatic carbocycles. The molecule has 0 aliphatic heterocycles. The molecule has 0 radical (unpaired) electrons. The Hall–Kier alpha value is -0.200. The molecule has 0 bridgehead atoms. The molecule has 5 heteroatoms. The first-order chi connectivity index (χ1) is 9.74. The first kappa shape index (κ1) is 19.8. The lowest BCUT2D eigenvalue weighted by Gasteiger charge is -2.33. The average Bonchev–Trinajstić information content (AvgIpc) is 2.46. The van der Waals surface area contributed by atoms with E-state index < -0.39 is 0 Å². The van der Waals surface area contributed by atoms with Gasteiger partial charge in [-0.1, -0.05) is 13.3 Å². The molecular weight excluding hydrogens is 260 g/mol. The van der Waals surface area contributed by atoms with E-state index in [-0.39, 0.29) is 5.41 Å². The predicted molar refractivity (Wildman–Crippen MR) is 79.2 cm³/mol. The highest BCUT2D eigenvalue weighted by Gasteiger charge is 2.30. The maximum atomic E-state index is 5.75. The minimum absolute atomic E-state index is 0.0201. The van der Waals surface area contributed by atoms with Crippen LogP contribution >= 0.6 is 0 Å². The van der Waals surface area contributed by atoms with Gasteiger partial charge in [-0.3, -0.25) is 0 Å². The van der Waals surface area contributed by atoms with Gasteiger partial charge >= 0.3 is 0 Å². The number of hydrogen-bond donors (Lipinski definition) is 0. The van der Waals surface area contributed by atoms with Crippen molar-refractivity contribution in [2.45, 2.75) is 26.2 Å². The van der Waals surface area contributed by atoms with Gasteiger partial charge in [0.05, 0.1) is 39.6 Å². The Morgan fingerprint density at radius 3 is 1.55 bits per heavy atom. The van der Waals surface area contributed by atoms with Crippen molar-refractivity contribution >= 4 is 0 Å². The summed E-state index contributed by atoms with van der Waals surface area (Å²) in [7, 11) is 5.09. The Labute approximate surface area is 123 Å². The Morgan fingerprint density at radius 2 is 1.15 bits per heavy atom. The highest BCUT2D eigenvalue weighted by Crippen LogP contribution is 2.29. The molecule has 0 N–H and O–H groups in total. The zero-order valence-electron chi connectivity index (χ0n) is 13.6. The second kappa shape index (κ2) is 13.8. The Morgan fingerprint density at radius 1 is 0.650 bits per heavy atom. The van der Waals surface area contributed by atoms with E-state index in [4.69, 9.17) is 23.7 Å². The second-order valence-electron chi connectivity index (χ2n) is 5.08. The van der Waals surface area contributed by atoms with E-state index >= 15 is 0 Å². The molecule has 0 saturated heterocycles. The minimum Gasteiger partial charge on any atom is -0.385 e. The third-order valence-electron chi connectivity index (χ3n) is 3.30. The van der Waals surface area contributed by atoms with Crippen molar-refractivity contribution < 1.29 is 23.7 Å². The number of hydrogen-bond acceptors (Lipinski definition) is 5. The summed E-state index contributed by atoms with van der Waals surface area (Å²) in [4.78, 5) is 0. The molecular formula is C15H32O5. The SMILES string of the molecule is CCCC(CCOC)(COCCOC)COCCOC. The van der Waals surface area contributed by atoms with Gasteiger partial charge in [0.1, 0.15) is 0 Å². The van der Waals surface area contributed by atoms with Gasteiger partial charge in [0.2, 0.25) is 0 Å². The van der Waals surface area contributed by atoms with Crippen LogP contribution in [-0.4, -0.2) is 67.6 Å².